The number of rotatable bonds is 7. The average Bonchev–Trinajstić information content (AvgIpc) is 3.21. The summed E-state index contributed by atoms with van der Waals surface area (Å²) in [4.78, 5) is 28.6. The van der Waals surface area contributed by atoms with E-state index < -0.39 is 0 Å². The van der Waals surface area contributed by atoms with Gasteiger partial charge in [-0.05, 0) is 48.4 Å². The van der Waals surface area contributed by atoms with E-state index in [1.807, 2.05) is 24.3 Å². The normalized spacial score (nSPS) is 10.4. The van der Waals surface area contributed by atoms with Crippen LogP contribution in [0.5, 0.6) is 0 Å². The van der Waals surface area contributed by atoms with Gasteiger partial charge >= 0.3 is 0 Å². The van der Waals surface area contributed by atoms with Crippen LogP contribution in [-0.2, 0) is 13.0 Å². The fourth-order valence-electron chi connectivity index (χ4n) is 2.42. The largest absolute Gasteiger partial charge is 0.467 e. The molecule has 0 saturated carbocycles. The summed E-state index contributed by atoms with van der Waals surface area (Å²) in [6, 6.07) is 15.7. The molecule has 6 nitrogen and oxygen atoms in total. The maximum absolute atomic E-state index is 12.3. The number of hydrogen-bond donors (Lipinski definition) is 2. The molecule has 138 valence electrons. The van der Waals surface area contributed by atoms with E-state index in [2.05, 4.69) is 15.6 Å². The van der Waals surface area contributed by atoms with Gasteiger partial charge in [0.2, 0.25) is 0 Å². The molecule has 0 aliphatic heterocycles. The Labute approximate surface area is 161 Å². The van der Waals surface area contributed by atoms with Gasteiger partial charge in [-0.25, -0.2) is 4.98 Å². The molecule has 0 atom stereocenters. The zero-order chi connectivity index (χ0) is 19.1. The summed E-state index contributed by atoms with van der Waals surface area (Å²) < 4.78 is 5.16. The van der Waals surface area contributed by atoms with E-state index in [4.69, 9.17) is 16.0 Å². The van der Waals surface area contributed by atoms with Crippen LogP contribution in [0.1, 0.15) is 32.3 Å². The second kappa shape index (κ2) is 9.00. The monoisotopic (exact) mass is 383 g/mol. The van der Waals surface area contributed by atoms with E-state index in [0.717, 1.165) is 5.56 Å². The molecule has 7 heteroatoms. The van der Waals surface area contributed by atoms with Crippen molar-refractivity contribution in [2.75, 3.05) is 6.54 Å². The summed E-state index contributed by atoms with van der Waals surface area (Å²) in [5.41, 5.74) is 1.43. The maximum atomic E-state index is 12.3. The summed E-state index contributed by atoms with van der Waals surface area (Å²) >= 11 is 5.85. The first-order valence-corrected chi connectivity index (χ1v) is 8.80. The first-order valence-electron chi connectivity index (χ1n) is 8.42. The standard InChI is InChI=1S/C20H18ClN3O3/c21-15-8-6-14(7-9-15)10-11-22-19(25)17-4-1-5-18(24-17)20(26)23-13-16-3-2-12-27-16/h1-9,12H,10-11,13H2,(H,22,25)(H,23,26). The third kappa shape index (κ3) is 5.43. The molecule has 2 amide bonds. The van der Waals surface area contributed by atoms with Crippen molar-refractivity contribution < 1.29 is 14.0 Å². The first-order chi connectivity index (χ1) is 13.1. The van der Waals surface area contributed by atoms with Gasteiger partial charge in [0.15, 0.2) is 0 Å². The molecule has 3 rings (SSSR count). The van der Waals surface area contributed by atoms with Crippen molar-refractivity contribution in [2.45, 2.75) is 13.0 Å². The summed E-state index contributed by atoms with van der Waals surface area (Å²) in [6.07, 6.45) is 2.21. The predicted molar refractivity (Wildman–Crippen MR) is 102 cm³/mol. The van der Waals surface area contributed by atoms with Crippen LogP contribution in [0.4, 0.5) is 0 Å². The first kappa shape index (κ1) is 18.7. The van der Waals surface area contributed by atoms with Gasteiger partial charge in [0, 0.05) is 11.6 Å². The molecule has 2 N–H and O–H groups in total. The molecule has 0 unspecified atom stereocenters. The van der Waals surface area contributed by atoms with Crippen LogP contribution in [0.15, 0.2) is 65.3 Å². The fourth-order valence-corrected chi connectivity index (χ4v) is 2.55. The molecule has 2 heterocycles. The van der Waals surface area contributed by atoms with Crippen molar-refractivity contribution in [1.82, 2.24) is 15.6 Å². The number of amides is 2. The number of aromatic nitrogens is 1. The van der Waals surface area contributed by atoms with Gasteiger partial charge in [-0.15, -0.1) is 0 Å². The predicted octanol–water partition coefficient (Wildman–Crippen LogP) is 3.23. The summed E-state index contributed by atoms with van der Waals surface area (Å²) in [7, 11) is 0. The molecule has 2 aromatic heterocycles. The molecule has 1 aromatic carbocycles. The lowest BCUT2D eigenvalue weighted by molar-refractivity contribution is 0.0940. The quantitative estimate of drug-likeness (QED) is 0.656. The zero-order valence-corrected chi connectivity index (χ0v) is 15.2. The summed E-state index contributed by atoms with van der Waals surface area (Å²) in [5.74, 6) is -0.0636. The van der Waals surface area contributed by atoms with Crippen LogP contribution in [0.3, 0.4) is 0 Å². The van der Waals surface area contributed by atoms with Crippen LogP contribution in [0.25, 0.3) is 0 Å². The van der Waals surface area contributed by atoms with Gasteiger partial charge in [0.1, 0.15) is 17.1 Å². The summed E-state index contributed by atoms with van der Waals surface area (Å²) in [6.45, 7) is 0.710. The second-order valence-electron chi connectivity index (χ2n) is 5.80. The second-order valence-corrected chi connectivity index (χ2v) is 6.24. The van der Waals surface area contributed by atoms with Crippen LogP contribution in [0, 0.1) is 0 Å². The van der Waals surface area contributed by atoms with E-state index in [1.165, 1.54) is 6.26 Å². The minimum absolute atomic E-state index is 0.173. The van der Waals surface area contributed by atoms with Crippen molar-refractivity contribution >= 4 is 23.4 Å². The van der Waals surface area contributed by atoms with Gasteiger partial charge in [-0.1, -0.05) is 29.8 Å². The minimum Gasteiger partial charge on any atom is -0.467 e. The van der Waals surface area contributed by atoms with Gasteiger partial charge in [0.25, 0.3) is 11.8 Å². The van der Waals surface area contributed by atoms with Gasteiger partial charge in [0.05, 0.1) is 12.8 Å². The number of halogens is 1. The maximum Gasteiger partial charge on any atom is 0.270 e. The van der Waals surface area contributed by atoms with E-state index in [1.54, 1.807) is 30.3 Å². The summed E-state index contributed by atoms with van der Waals surface area (Å²) in [5, 5.41) is 6.18. The van der Waals surface area contributed by atoms with Crippen LogP contribution in [0.2, 0.25) is 5.02 Å². The van der Waals surface area contributed by atoms with Crippen molar-refractivity contribution in [3.8, 4) is 0 Å². The van der Waals surface area contributed by atoms with Crippen LogP contribution < -0.4 is 10.6 Å². The number of pyridine rings is 1. The Morgan fingerprint density at radius 1 is 0.926 bits per heavy atom. The van der Waals surface area contributed by atoms with Gasteiger partial charge in [-0.3, -0.25) is 9.59 Å². The molecule has 0 fully saturated rings. The number of nitrogens with zero attached hydrogens (tertiary/aromatic N) is 1. The highest BCUT2D eigenvalue weighted by atomic mass is 35.5. The van der Waals surface area contributed by atoms with Crippen molar-refractivity contribution in [3.63, 3.8) is 0 Å². The van der Waals surface area contributed by atoms with Gasteiger partial charge in [-0.2, -0.15) is 0 Å². The Hall–Kier alpha value is -3.12. The molecular weight excluding hydrogens is 366 g/mol. The lowest BCUT2D eigenvalue weighted by Gasteiger charge is -2.07. The molecule has 0 aliphatic carbocycles. The average molecular weight is 384 g/mol. The third-order valence-corrected chi connectivity index (χ3v) is 4.08. The molecule has 3 aromatic rings. The highest BCUT2D eigenvalue weighted by Crippen LogP contribution is 2.09. The van der Waals surface area contributed by atoms with Crippen molar-refractivity contribution in [1.29, 1.82) is 0 Å². The molecule has 27 heavy (non-hydrogen) atoms. The number of furan rings is 1. The Balaban J connectivity index is 1.53. The van der Waals surface area contributed by atoms with E-state index in [0.29, 0.717) is 23.7 Å². The SMILES string of the molecule is O=C(NCCc1ccc(Cl)cc1)c1cccc(C(=O)NCc2ccco2)n1. The number of nitrogens with one attached hydrogen (secondary N) is 2. The lowest BCUT2D eigenvalue weighted by atomic mass is 10.1. The van der Waals surface area contributed by atoms with E-state index >= 15 is 0 Å². The highest BCUT2D eigenvalue weighted by Gasteiger charge is 2.12. The fraction of sp³-hybridized carbons (Fsp3) is 0.150. The Kier molecular flexibility index (Phi) is 6.22. The highest BCUT2D eigenvalue weighted by molar-refractivity contribution is 6.30. The Bertz CT molecular complexity index is 908. The lowest BCUT2D eigenvalue weighted by Crippen LogP contribution is -2.28. The zero-order valence-electron chi connectivity index (χ0n) is 14.4. The van der Waals surface area contributed by atoms with E-state index in [-0.39, 0.29) is 29.7 Å². The topological polar surface area (TPSA) is 84.2 Å². The van der Waals surface area contributed by atoms with Crippen LogP contribution in [-0.4, -0.2) is 23.3 Å². The molecule has 0 radical (unpaired) electrons. The van der Waals surface area contributed by atoms with Crippen molar-refractivity contribution in [3.05, 3.63) is 88.6 Å². The molecule has 0 aliphatic rings. The van der Waals surface area contributed by atoms with E-state index in [9.17, 15) is 9.59 Å². The Morgan fingerprint density at radius 3 is 2.30 bits per heavy atom. The molecule has 0 saturated heterocycles. The number of benzene rings is 1. The van der Waals surface area contributed by atoms with Crippen LogP contribution >= 0.6 is 11.6 Å². The molecular formula is C20H18ClN3O3. The van der Waals surface area contributed by atoms with Gasteiger partial charge < -0.3 is 15.1 Å². The third-order valence-electron chi connectivity index (χ3n) is 3.83. The number of carbonyl (C=O) groups excluding carboxylic acids is 2. The minimum atomic E-state index is -0.373. The Morgan fingerprint density at radius 2 is 1.63 bits per heavy atom. The number of hydrogen-bond acceptors (Lipinski definition) is 4. The smallest absolute Gasteiger partial charge is 0.270 e. The molecule has 0 spiro atoms. The van der Waals surface area contributed by atoms with Crippen molar-refractivity contribution in [2.24, 2.45) is 0 Å². The molecule has 0 bridgehead atoms. The number of carbonyl (C=O) groups is 2.